The maximum absolute atomic E-state index is 12.9. The largest absolute Gasteiger partial charge is 0.756 e. The zero-order chi connectivity index (χ0) is 43.6. The normalized spacial score (nSPS) is 14.8. The Morgan fingerprint density at radius 2 is 1.02 bits per heavy atom. The average Bonchev–Trinajstić information content (AvgIpc) is 3.19. The first-order valence-corrected chi connectivity index (χ1v) is 25.6. The fourth-order valence-electron chi connectivity index (χ4n) is 6.55. The molecule has 3 atom stereocenters. The highest BCUT2D eigenvalue weighted by Crippen LogP contribution is 2.38. The molecule has 0 saturated carbocycles. The van der Waals surface area contributed by atoms with Gasteiger partial charge in [-0.15, -0.1) is 0 Å². The molecule has 0 bridgehead atoms. The van der Waals surface area contributed by atoms with Crippen LogP contribution >= 0.6 is 7.82 Å². The Balaban J connectivity index is 4.28. The van der Waals surface area contributed by atoms with E-state index >= 15 is 0 Å². The van der Waals surface area contributed by atoms with Gasteiger partial charge in [0.15, 0.2) is 0 Å². The number of aliphatic hydroxyl groups excluding tert-OH is 1. The summed E-state index contributed by atoms with van der Waals surface area (Å²) in [4.78, 5) is 25.3. The van der Waals surface area contributed by atoms with Crippen molar-refractivity contribution in [1.29, 1.82) is 0 Å². The Bertz CT molecular complexity index is 1140. The van der Waals surface area contributed by atoms with Crippen molar-refractivity contribution in [3.8, 4) is 0 Å². The number of quaternary nitrogens is 1. The lowest BCUT2D eigenvalue weighted by atomic mass is 10.1. The molecule has 0 radical (unpaired) electrons. The van der Waals surface area contributed by atoms with E-state index in [1.807, 2.05) is 27.2 Å². The molecule has 0 saturated heterocycles. The van der Waals surface area contributed by atoms with Gasteiger partial charge in [-0.1, -0.05) is 184 Å². The first-order chi connectivity index (χ1) is 28.5. The van der Waals surface area contributed by atoms with Crippen LogP contribution in [0.15, 0.2) is 60.8 Å². The first kappa shape index (κ1) is 57.2. The lowest BCUT2D eigenvalue weighted by Crippen LogP contribution is -2.45. The zero-order valence-electron chi connectivity index (χ0n) is 38.9. The number of unbranched alkanes of at least 4 members (excludes halogenated alkanes) is 22. The second-order valence-electron chi connectivity index (χ2n) is 17.4. The SMILES string of the molecule is CCCC/C=C/CC/C=C/CC/C=C/C(O)C(COP(=O)([O-])OCC[N+](C)(C)C)NC(=O)CCCCCCCCCCC/C=C\C/C=C\CCCCCCCCCCC. The van der Waals surface area contributed by atoms with Gasteiger partial charge >= 0.3 is 0 Å². The fourth-order valence-corrected chi connectivity index (χ4v) is 7.28. The van der Waals surface area contributed by atoms with Crippen LogP contribution in [0.4, 0.5) is 0 Å². The van der Waals surface area contributed by atoms with E-state index in [-0.39, 0.29) is 12.5 Å². The predicted octanol–water partition coefficient (Wildman–Crippen LogP) is 13.2. The van der Waals surface area contributed by atoms with E-state index in [2.05, 4.69) is 67.8 Å². The third-order valence-corrected chi connectivity index (χ3v) is 11.4. The number of carbonyl (C=O) groups is 1. The number of phosphoric acid groups is 1. The summed E-state index contributed by atoms with van der Waals surface area (Å²) < 4.78 is 23.2. The summed E-state index contributed by atoms with van der Waals surface area (Å²) in [5.41, 5.74) is 0. The van der Waals surface area contributed by atoms with Crippen molar-refractivity contribution in [3.63, 3.8) is 0 Å². The summed E-state index contributed by atoms with van der Waals surface area (Å²) in [6.45, 7) is 4.55. The van der Waals surface area contributed by atoms with Crippen LogP contribution < -0.4 is 10.2 Å². The molecule has 0 aromatic rings. The van der Waals surface area contributed by atoms with Gasteiger partial charge in [0.2, 0.25) is 5.91 Å². The number of phosphoric ester groups is 1. The predicted molar refractivity (Wildman–Crippen MR) is 251 cm³/mol. The minimum Gasteiger partial charge on any atom is -0.756 e. The smallest absolute Gasteiger partial charge is 0.268 e. The second-order valence-corrected chi connectivity index (χ2v) is 18.8. The van der Waals surface area contributed by atoms with Gasteiger partial charge in [0.1, 0.15) is 13.2 Å². The molecule has 2 N–H and O–H groups in total. The van der Waals surface area contributed by atoms with Crippen molar-refractivity contribution < 1.29 is 32.9 Å². The Hall–Kier alpha value is -1.80. The first-order valence-electron chi connectivity index (χ1n) is 24.2. The number of allylic oxidation sites excluding steroid dienone is 9. The Kier molecular flexibility index (Phi) is 40.3. The monoisotopic (exact) mass is 849 g/mol. The number of aliphatic hydroxyl groups is 1. The lowest BCUT2D eigenvalue weighted by molar-refractivity contribution is -0.870. The molecule has 0 spiro atoms. The van der Waals surface area contributed by atoms with Crippen LogP contribution in [0.25, 0.3) is 0 Å². The molecule has 0 heterocycles. The van der Waals surface area contributed by atoms with Gasteiger partial charge in [0.05, 0.1) is 39.9 Å². The number of amides is 1. The number of likely N-dealkylation sites (N-methyl/N-ethyl adjacent to an activating group) is 1. The average molecular weight is 849 g/mol. The van der Waals surface area contributed by atoms with Crippen molar-refractivity contribution in [1.82, 2.24) is 5.32 Å². The molecule has 0 aromatic heterocycles. The molecule has 1 amide bonds. The quantitative estimate of drug-likeness (QED) is 0.0274. The van der Waals surface area contributed by atoms with Gasteiger partial charge in [-0.3, -0.25) is 9.36 Å². The van der Waals surface area contributed by atoms with Crippen LogP contribution in [0, 0.1) is 0 Å². The molecule has 0 aliphatic carbocycles. The minimum absolute atomic E-state index is 0.0121. The summed E-state index contributed by atoms with van der Waals surface area (Å²) in [5.74, 6) is -0.219. The van der Waals surface area contributed by atoms with Crippen LogP contribution in [0.2, 0.25) is 0 Å². The second kappa shape index (κ2) is 41.5. The number of hydrogen-bond donors (Lipinski definition) is 2. The molecule has 9 heteroatoms. The number of nitrogens with one attached hydrogen (secondary N) is 1. The van der Waals surface area contributed by atoms with Crippen molar-refractivity contribution in [2.24, 2.45) is 0 Å². The number of hydrogen-bond acceptors (Lipinski definition) is 6. The highest BCUT2D eigenvalue weighted by Gasteiger charge is 2.23. The van der Waals surface area contributed by atoms with Gasteiger partial charge in [-0.05, 0) is 70.6 Å². The Morgan fingerprint density at radius 3 is 1.53 bits per heavy atom. The van der Waals surface area contributed by atoms with E-state index in [0.717, 1.165) is 57.8 Å². The van der Waals surface area contributed by atoms with Gasteiger partial charge < -0.3 is 28.8 Å². The van der Waals surface area contributed by atoms with Gasteiger partial charge in [-0.25, -0.2) is 0 Å². The van der Waals surface area contributed by atoms with E-state index in [9.17, 15) is 19.4 Å². The lowest BCUT2D eigenvalue weighted by Gasteiger charge is -2.29. The van der Waals surface area contributed by atoms with Crippen molar-refractivity contribution >= 4 is 13.7 Å². The summed E-state index contributed by atoms with van der Waals surface area (Å²) in [5, 5.41) is 13.7. The summed E-state index contributed by atoms with van der Waals surface area (Å²) in [6, 6.07) is -0.912. The number of carbonyl (C=O) groups excluding carboxylic acids is 1. The maximum Gasteiger partial charge on any atom is 0.268 e. The van der Waals surface area contributed by atoms with Crippen LogP contribution in [0.3, 0.4) is 0 Å². The molecule has 59 heavy (non-hydrogen) atoms. The van der Waals surface area contributed by atoms with Crippen LogP contribution in [0.1, 0.15) is 200 Å². The van der Waals surface area contributed by atoms with Crippen LogP contribution in [-0.4, -0.2) is 68.5 Å². The standard InChI is InChI=1S/C50H93N2O6P/c1-6-8-10-12-14-16-18-20-21-22-23-24-25-26-27-28-29-30-31-32-34-36-38-40-42-44-50(54)51-48(47-58-59(55,56)57-46-45-52(3,4)5)49(53)43-41-39-37-35-33-19-17-15-13-11-9-7-2/h13,15,23-24,26-27,33,35,41,43,48-49,53H,6-12,14,16-22,25,28-32,34,36-40,42,44-47H2,1-5H3,(H-,51,54,55,56)/b15-13+,24-23-,27-26-,35-33+,43-41+. The molecular weight excluding hydrogens is 756 g/mol. The van der Waals surface area contributed by atoms with Crippen LogP contribution in [-0.2, 0) is 18.4 Å². The number of rotatable bonds is 43. The molecule has 0 fully saturated rings. The molecule has 0 aliphatic heterocycles. The third kappa shape index (κ3) is 44.1. The third-order valence-electron chi connectivity index (χ3n) is 10.4. The minimum atomic E-state index is -4.60. The van der Waals surface area contributed by atoms with Crippen molar-refractivity contribution in [2.45, 2.75) is 212 Å². The van der Waals surface area contributed by atoms with Gasteiger partial charge in [-0.2, -0.15) is 0 Å². The topological polar surface area (TPSA) is 108 Å². The van der Waals surface area contributed by atoms with E-state index in [4.69, 9.17) is 9.05 Å². The number of nitrogens with zero attached hydrogens (tertiary/aromatic N) is 1. The summed E-state index contributed by atoms with van der Waals surface area (Å²) in [7, 11) is 1.22. The highest BCUT2D eigenvalue weighted by atomic mass is 31.2. The molecule has 3 unspecified atom stereocenters. The zero-order valence-corrected chi connectivity index (χ0v) is 39.8. The maximum atomic E-state index is 12.9. The summed E-state index contributed by atoms with van der Waals surface area (Å²) >= 11 is 0. The van der Waals surface area contributed by atoms with Crippen LogP contribution in [0.5, 0.6) is 0 Å². The van der Waals surface area contributed by atoms with Crippen molar-refractivity contribution in [3.05, 3.63) is 60.8 Å². The molecule has 0 rings (SSSR count). The van der Waals surface area contributed by atoms with Gasteiger partial charge in [0.25, 0.3) is 7.82 Å². The highest BCUT2D eigenvalue weighted by molar-refractivity contribution is 7.45. The summed E-state index contributed by atoms with van der Waals surface area (Å²) in [6.07, 6.45) is 54.3. The molecule has 0 aromatic carbocycles. The van der Waals surface area contributed by atoms with Gasteiger partial charge in [0, 0.05) is 6.42 Å². The fraction of sp³-hybridized carbons (Fsp3) is 0.780. The Morgan fingerprint density at radius 1 is 0.593 bits per heavy atom. The van der Waals surface area contributed by atoms with Crippen molar-refractivity contribution in [2.75, 3.05) is 40.9 Å². The van der Waals surface area contributed by atoms with E-state index in [1.165, 1.54) is 122 Å². The van der Waals surface area contributed by atoms with E-state index < -0.39 is 26.6 Å². The van der Waals surface area contributed by atoms with E-state index in [1.54, 1.807) is 6.08 Å². The molecule has 8 nitrogen and oxygen atoms in total. The Labute approximate surface area is 364 Å². The van der Waals surface area contributed by atoms with E-state index in [0.29, 0.717) is 17.4 Å². The molecule has 344 valence electrons. The molecule has 0 aliphatic rings. The molecular formula is C50H93N2O6P.